The second-order valence-corrected chi connectivity index (χ2v) is 4.93. The highest BCUT2D eigenvalue weighted by Crippen LogP contribution is 2.21. The van der Waals surface area contributed by atoms with Gasteiger partial charge in [-0.05, 0) is 31.0 Å². The number of nitrogens with one attached hydrogen (secondary N) is 2. The molecule has 0 aliphatic carbocycles. The maximum atomic E-state index is 11.7. The van der Waals surface area contributed by atoms with E-state index in [0.717, 1.165) is 39.0 Å². The van der Waals surface area contributed by atoms with Gasteiger partial charge >= 0.3 is 0 Å². The van der Waals surface area contributed by atoms with E-state index in [1.807, 2.05) is 6.07 Å². The summed E-state index contributed by atoms with van der Waals surface area (Å²) < 4.78 is 0. The van der Waals surface area contributed by atoms with Crippen molar-refractivity contribution in [1.82, 2.24) is 10.6 Å². The van der Waals surface area contributed by atoms with Crippen molar-refractivity contribution in [3.8, 4) is 0 Å². The molecule has 2 N–H and O–H groups in total. The van der Waals surface area contributed by atoms with Crippen molar-refractivity contribution in [2.75, 3.05) is 31.1 Å². The minimum Gasteiger partial charge on any atom is -0.362 e. The zero-order valence-electron chi connectivity index (χ0n) is 11.6. The molecule has 1 aromatic carbocycles. The summed E-state index contributed by atoms with van der Waals surface area (Å²) >= 11 is 0. The van der Waals surface area contributed by atoms with Crippen molar-refractivity contribution in [3.05, 3.63) is 29.8 Å². The topological polar surface area (TPSA) is 44.4 Å². The third-order valence-corrected chi connectivity index (χ3v) is 3.34. The fourth-order valence-electron chi connectivity index (χ4n) is 2.38. The van der Waals surface area contributed by atoms with E-state index in [1.54, 1.807) is 0 Å². The highest BCUT2D eigenvalue weighted by atomic mass is 16.2. The Kier molecular flexibility index (Phi) is 5.21. The van der Waals surface area contributed by atoms with Gasteiger partial charge in [-0.3, -0.25) is 4.79 Å². The summed E-state index contributed by atoms with van der Waals surface area (Å²) in [5.74, 6) is 0.119. The minimum atomic E-state index is 0.119. The summed E-state index contributed by atoms with van der Waals surface area (Å²) in [7, 11) is 0. The van der Waals surface area contributed by atoms with Crippen LogP contribution in [0, 0.1) is 0 Å². The normalized spacial score (nSPS) is 16.1. The molecule has 1 aliphatic heterocycles. The van der Waals surface area contributed by atoms with Gasteiger partial charge in [0, 0.05) is 25.3 Å². The molecule has 1 aromatic rings. The van der Waals surface area contributed by atoms with Crippen LogP contribution in [0.25, 0.3) is 0 Å². The Bertz CT molecular complexity index is 420. The highest BCUT2D eigenvalue weighted by molar-refractivity contribution is 5.82. The molecule has 0 radical (unpaired) electrons. The molecule has 1 aliphatic rings. The lowest BCUT2D eigenvalue weighted by Gasteiger charge is -2.24. The molecule has 0 bridgehead atoms. The largest absolute Gasteiger partial charge is 0.362 e. The molecule has 0 unspecified atom stereocenters. The quantitative estimate of drug-likeness (QED) is 0.790. The minimum absolute atomic E-state index is 0.119. The summed E-state index contributed by atoms with van der Waals surface area (Å²) in [6.45, 7) is 6.23. The lowest BCUT2D eigenvalue weighted by Crippen LogP contribution is -2.33. The Balaban J connectivity index is 2.10. The molecule has 0 atom stereocenters. The van der Waals surface area contributed by atoms with Crippen LogP contribution >= 0.6 is 0 Å². The van der Waals surface area contributed by atoms with Gasteiger partial charge in [-0.1, -0.05) is 25.1 Å². The predicted octanol–water partition coefficient (Wildman–Crippen LogP) is 1.51. The Morgan fingerprint density at radius 1 is 1.37 bits per heavy atom. The molecular formula is C15H23N3O. The molecule has 0 aromatic heterocycles. The van der Waals surface area contributed by atoms with Crippen molar-refractivity contribution < 1.29 is 4.79 Å². The first-order valence-corrected chi connectivity index (χ1v) is 7.11. The van der Waals surface area contributed by atoms with Crippen molar-refractivity contribution in [2.24, 2.45) is 0 Å². The second-order valence-electron chi connectivity index (χ2n) is 4.93. The molecule has 0 saturated carbocycles. The lowest BCUT2D eigenvalue weighted by molar-refractivity contribution is -0.119. The maximum Gasteiger partial charge on any atom is 0.239 e. The molecular weight excluding hydrogens is 238 g/mol. The highest BCUT2D eigenvalue weighted by Gasteiger charge is 2.16. The fraction of sp³-hybridized carbons (Fsp3) is 0.533. The number of para-hydroxylation sites is 1. The lowest BCUT2D eigenvalue weighted by atomic mass is 10.1. The number of carbonyl (C=O) groups is 1. The van der Waals surface area contributed by atoms with Crippen LogP contribution in [-0.4, -0.2) is 32.1 Å². The molecule has 4 heteroatoms. The van der Waals surface area contributed by atoms with Crippen LogP contribution in [0.4, 0.5) is 5.69 Å². The van der Waals surface area contributed by atoms with Crippen LogP contribution in [-0.2, 0) is 11.3 Å². The Morgan fingerprint density at radius 2 is 2.21 bits per heavy atom. The van der Waals surface area contributed by atoms with E-state index in [-0.39, 0.29) is 5.91 Å². The standard InChI is InChI=1S/C15H23N3O/c1-2-8-16-11-13-6-3-4-7-14(13)18-10-5-9-17-15(19)12-18/h3-4,6-7,16H,2,5,8-12H2,1H3,(H,17,19). The second kappa shape index (κ2) is 7.14. The predicted molar refractivity (Wildman–Crippen MR) is 78.3 cm³/mol. The van der Waals surface area contributed by atoms with Crippen LogP contribution in [0.1, 0.15) is 25.3 Å². The first-order valence-electron chi connectivity index (χ1n) is 7.11. The van der Waals surface area contributed by atoms with Gasteiger partial charge in [0.15, 0.2) is 0 Å². The van der Waals surface area contributed by atoms with Gasteiger partial charge in [0.2, 0.25) is 5.91 Å². The first kappa shape index (κ1) is 13.9. The molecule has 4 nitrogen and oxygen atoms in total. The van der Waals surface area contributed by atoms with Gasteiger partial charge in [-0.2, -0.15) is 0 Å². The van der Waals surface area contributed by atoms with Crippen LogP contribution < -0.4 is 15.5 Å². The van der Waals surface area contributed by atoms with Gasteiger partial charge in [0.1, 0.15) is 0 Å². The third-order valence-electron chi connectivity index (χ3n) is 3.34. The van der Waals surface area contributed by atoms with E-state index in [0.29, 0.717) is 6.54 Å². The van der Waals surface area contributed by atoms with Gasteiger partial charge in [-0.15, -0.1) is 0 Å². The number of hydrogen-bond acceptors (Lipinski definition) is 3. The van der Waals surface area contributed by atoms with E-state index in [9.17, 15) is 4.79 Å². The Hall–Kier alpha value is -1.55. The summed E-state index contributed by atoms with van der Waals surface area (Å²) in [6, 6.07) is 8.36. The number of amides is 1. The first-order chi connectivity index (χ1) is 9.31. The van der Waals surface area contributed by atoms with E-state index < -0.39 is 0 Å². The molecule has 1 amide bonds. The van der Waals surface area contributed by atoms with E-state index in [2.05, 4.69) is 40.7 Å². The average molecular weight is 261 g/mol. The Labute approximate surface area is 115 Å². The zero-order chi connectivity index (χ0) is 13.5. The number of anilines is 1. The van der Waals surface area contributed by atoms with Gasteiger partial charge in [0.05, 0.1) is 6.54 Å². The fourth-order valence-corrected chi connectivity index (χ4v) is 2.38. The molecule has 1 heterocycles. The van der Waals surface area contributed by atoms with Crippen LogP contribution in [0.3, 0.4) is 0 Å². The average Bonchev–Trinajstić information content (AvgIpc) is 2.64. The number of rotatable bonds is 5. The molecule has 1 fully saturated rings. The van der Waals surface area contributed by atoms with Crippen molar-refractivity contribution in [2.45, 2.75) is 26.3 Å². The summed E-state index contributed by atoms with van der Waals surface area (Å²) in [4.78, 5) is 13.9. The summed E-state index contributed by atoms with van der Waals surface area (Å²) in [5, 5.41) is 6.35. The number of benzene rings is 1. The molecule has 1 saturated heterocycles. The summed E-state index contributed by atoms with van der Waals surface area (Å²) in [6.07, 6.45) is 2.14. The van der Waals surface area contributed by atoms with Crippen LogP contribution in [0.2, 0.25) is 0 Å². The number of nitrogens with zero attached hydrogens (tertiary/aromatic N) is 1. The number of hydrogen-bond donors (Lipinski definition) is 2. The SMILES string of the molecule is CCCNCc1ccccc1N1CCCNC(=O)C1. The van der Waals surface area contributed by atoms with Crippen LogP contribution in [0.15, 0.2) is 24.3 Å². The smallest absolute Gasteiger partial charge is 0.239 e. The van der Waals surface area contributed by atoms with Crippen molar-refractivity contribution in [3.63, 3.8) is 0 Å². The van der Waals surface area contributed by atoms with Gasteiger partial charge < -0.3 is 15.5 Å². The Morgan fingerprint density at radius 3 is 3.05 bits per heavy atom. The number of carbonyl (C=O) groups excluding carboxylic acids is 1. The zero-order valence-corrected chi connectivity index (χ0v) is 11.6. The van der Waals surface area contributed by atoms with E-state index >= 15 is 0 Å². The maximum absolute atomic E-state index is 11.7. The van der Waals surface area contributed by atoms with Gasteiger partial charge in [0.25, 0.3) is 0 Å². The molecule has 19 heavy (non-hydrogen) atoms. The molecule has 2 rings (SSSR count). The summed E-state index contributed by atoms with van der Waals surface area (Å²) in [5.41, 5.74) is 2.45. The molecule has 0 spiro atoms. The van der Waals surface area contributed by atoms with Crippen LogP contribution in [0.5, 0.6) is 0 Å². The van der Waals surface area contributed by atoms with E-state index in [1.165, 1.54) is 11.3 Å². The molecule has 104 valence electrons. The van der Waals surface area contributed by atoms with Crippen molar-refractivity contribution in [1.29, 1.82) is 0 Å². The third kappa shape index (κ3) is 3.96. The van der Waals surface area contributed by atoms with E-state index in [4.69, 9.17) is 0 Å². The monoisotopic (exact) mass is 261 g/mol. The van der Waals surface area contributed by atoms with Crippen molar-refractivity contribution >= 4 is 11.6 Å². The van der Waals surface area contributed by atoms with Gasteiger partial charge in [-0.25, -0.2) is 0 Å².